The van der Waals surface area contributed by atoms with Gasteiger partial charge in [-0.1, -0.05) is 29.3 Å². The summed E-state index contributed by atoms with van der Waals surface area (Å²) in [7, 11) is 0. The molecule has 2 N–H and O–H groups in total. The van der Waals surface area contributed by atoms with Crippen molar-refractivity contribution in [3.63, 3.8) is 0 Å². The molecule has 1 heterocycles. The highest BCUT2D eigenvalue weighted by Crippen LogP contribution is 2.30. The molecule has 3 aromatic rings. The first-order valence-corrected chi connectivity index (χ1v) is 9.47. The lowest BCUT2D eigenvalue weighted by atomic mass is 10.2. The zero-order valence-corrected chi connectivity index (χ0v) is 16.3. The first kappa shape index (κ1) is 19.2. The van der Waals surface area contributed by atoms with Crippen LogP contribution >= 0.6 is 34.5 Å². The molecule has 0 saturated heterocycles. The fourth-order valence-electron chi connectivity index (χ4n) is 2.31. The average molecular weight is 420 g/mol. The van der Waals surface area contributed by atoms with Crippen LogP contribution in [-0.4, -0.2) is 27.6 Å². The monoisotopic (exact) mass is 419 g/mol. The SMILES string of the molecule is C=CCN=c1scc(-c2ccc(Cl)cc2Cl)n1N=Cc1ccc(O)cc1O. The number of benzene rings is 2. The van der Waals surface area contributed by atoms with E-state index in [1.807, 2.05) is 11.4 Å². The zero-order chi connectivity index (χ0) is 19.4. The van der Waals surface area contributed by atoms with Gasteiger partial charge in [0.1, 0.15) is 11.5 Å². The van der Waals surface area contributed by atoms with E-state index in [0.717, 1.165) is 11.3 Å². The lowest BCUT2D eigenvalue weighted by Crippen LogP contribution is -2.12. The number of aromatic hydroxyl groups is 2. The number of halogens is 2. The van der Waals surface area contributed by atoms with Crippen LogP contribution in [0, 0.1) is 0 Å². The number of hydrogen-bond donors (Lipinski definition) is 2. The molecular formula is C19H15Cl2N3O2S. The van der Waals surface area contributed by atoms with Crippen molar-refractivity contribution in [1.82, 2.24) is 4.68 Å². The van der Waals surface area contributed by atoms with Gasteiger partial charge in [0.2, 0.25) is 4.80 Å². The summed E-state index contributed by atoms with van der Waals surface area (Å²) in [6.45, 7) is 4.12. The molecule has 1 aromatic heterocycles. The molecule has 5 nitrogen and oxygen atoms in total. The van der Waals surface area contributed by atoms with Crippen LogP contribution in [0.25, 0.3) is 11.3 Å². The molecule has 0 saturated carbocycles. The first-order valence-electron chi connectivity index (χ1n) is 7.83. The van der Waals surface area contributed by atoms with Crippen molar-refractivity contribution in [2.75, 3.05) is 6.54 Å². The normalized spacial score (nSPS) is 12.0. The van der Waals surface area contributed by atoms with Crippen LogP contribution in [0.15, 0.2) is 64.5 Å². The van der Waals surface area contributed by atoms with Crippen LogP contribution in [0.1, 0.15) is 5.56 Å². The molecule has 0 spiro atoms. The van der Waals surface area contributed by atoms with E-state index in [4.69, 9.17) is 23.2 Å². The van der Waals surface area contributed by atoms with E-state index in [2.05, 4.69) is 16.7 Å². The van der Waals surface area contributed by atoms with Crippen LogP contribution in [0.4, 0.5) is 0 Å². The van der Waals surface area contributed by atoms with Gasteiger partial charge >= 0.3 is 0 Å². The molecule has 0 unspecified atom stereocenters. The van der Waals surface area contributed by atoms with Gasteiger partial charge in [0.25, 0.3) is 0 Å². The number of rotatable bonds is 5. The van der Waals surface area contributed by atoms with E-state index in [-0.39, 0.29) is 11.5 Å². The van der Waals surface area contributed by atoms with Crippen molar-refractivity contribution < 1.29 is 10.2 Å². The number of phenolic OH excluding ortho intramolecular Hbond substituents is 2. The zero-order valence-electron chi connectivity index (χ0n) is 14.0. The van der Waals surface area contributed by atoms with Crippen molar-refractivity contribution in [1.29, 1.82) is 0 Å². The topological polar surface area (TPSA) is 70.1 Å². The van der Waals surface area contributed by atoms with Crippen LogP contribution in [-0.2, 0) is 0 Å². The second-order valence-electron chi connectivity index (χ2n) is 5.46. The Kier molecular flexibility index (Phi) is 6.01. The Labute approximate surface area is 169 Å². The molecule has 0 amide bonds. The Morgan fingerprint density at radius 1 is 1.15 bits per heavy atom. The lowest BCUT2D eigenvalue weighted by Gasteiger charge is -2.06. The Hall–Kier alpha value is -2.54. The van der Waals surface area contributed by atoms with Gasteiger partial charge in [-0.15, -0.1) is 17.9 Å². The standard InChI is InChI=1S/C19H15Cl2N3O2S/c1-2-7-22-19-24(23-10-12-3-5-14(25)9-18(12)26)17(11-27-19)15-6-4-13(20)8-16(15)21/h2-6,8-11,25-26H,1,7H2. The first-order chi connectivity index (χ1) is 13.0. The predicted molar refractivity (Wildman–Crippen MR) is 111 cm³/mol. The fraction of sp³-hybridized carbons (Fsp3) is 0.0526. The number of hydrogen-bond acceptors (Lipinski definition) is 5. The number of aromatic nitrogens is 1. The maximum atomic E-state index is 9.96. The number of thiazole rings is 1. The van der Waals surface area contributed by atoms with Crippen molar-refractivity contribution in [3.8, 4) is 22.8 Å². The maximum Gasteiger partial charge on any atom is 0.206 e. The summed E-state index contributed by atoms with van der Waals surface area (Å²) in [6, 6.07) is 9.51. The van der Waals surface area contributed by atoms with E-state index in [1.54, 1.807) is 29.0 Å². The van der Waals surface area contributed by atoms with E-state index in [0.29, 0.717) is 27.0 Å². The summed E-state index contributed by atoms with van der Waals surface area (Å²) in [5, 5.41) is 26.8. The summed E-state index contributed by atoms with van der Waals surface area (Å²) < 4.78 is 1.63. The van der Waals surface area contributed by atoms with Gasteiger partial charge < -0.3 is 10.2 Å². The van der Waals surface area contributed by atoms with Gasteiger partial charge in [0.05, 0.1) is 23.5 Å². The van der Waals surface area contributed by atoms with E-state index >= 15 is 0 Å². The minimum absolute atomic E-state index is 0.0249. The highest BCUT2D eigenvalue weighted by molar-refractivity contribution is 7.07. The van der Waals surface area contributed by atoms with E-state index in [9.17, 15) is 10.2 Å². The summed E-state index contributed by atoms with van der Waals surface area (Å²) >= 11 is 13.7. The van der Waals surface area contributed by atoms with Crippen LogP contribution in [0.5, 0.6) is 11.5 Å². The molecule has 0 bridgehead atoms. The Morgan fingerprint density at radius 3 is 2.67 bits per heavy atom. The van der Waals surface area contributed by atoms with Crippen molar-refractivity contribution in [3.05, 3.63) is 74.8 Å². The maximum absolute atomic E-state index is 9.96. The molecule has 0 aliphatic carbocycles. The summed E-state index contributed by atoms with van der Waals surface area (Å²) in [6.07, 6.45) is 3.18. The average Bonchev–Trinajstić information content (AvgIpc) is 3.02. The van der Waals surface area contributed by atoms with Gasteiger partial charge in [0.15, 0.2) is 0 Å². The van der Waals surface area contributed by atoms with Crippen LogP contribution in [0.2, 0.25) is 10.0 Å². The van der Waals surface area contributed by atoms with Crippen molar-refractivity contribution >= 4 is 40.8 Å². The minimum atomic E-state index is -0.0785. The van der Waals surface area contributed by atoms with Gasteiger partial charge in [0, 0.05) is 27.6 Å². The second kappa shape index (κ2) is 8.43. The van der Waals surface area contributed by atoms with Crippen LogP contribution < -0.4 is 4.80 Å². The third-order valence-electron chi connectivity index (χ3n) is 3.57. The smallest absolute Gasteiger partial charge is 0.206 e. The molecule has 0 aliphatic rings. The second-order valence-corrected chi connectivity index (χ2v) is 7.14. The van der Waals surface area contributed by atoms with Crippen molar-refractivity contribution in [2.24, 2.45) is 10.1 Å². The molecule has 0 atom stereocenters. The van der Waals surface area contributed by atoms with Gasteiger partial charge in [-0.05, 0) is 30.3 Å². The molecule has 2 aromatic carbocycles. The third-order valence-corrected chi connectivity index (χ3v) is 4.98. The fourth-order valence-corrected chi connectivity index (χ4v) is 3.65. The van der Waals surface area contributed by atoms with Gasteiger partial charge in [-0.25, -0.2) is 4.68 Å². The summed E-state index contributed by atoms with van der Waals surface area (Å²) in [5.74, 6) is -0.103. The largest absolute Gasteiger partial charge is 0.508 e. The van der Waals surface area contributed by atoms with E-state index < -0.39 is 0 Å². The summed E-state index contributed by atoms with van der Waals surface area (Å²) in [4.78, 5) is 5.09. The predicted octanol–water partition coefficient (Wildman–Crippen LogP) is 4.90. The Balaban J connectivity index is 2.12. The van der Waals surface area contributed by atoms with Gasteiger partial charge in [-0.3, -0.25) is 4.99 Å². The van der Waals surface area contributed by atoms with Gasteiger partial charge in [-0.2, -0.15) is 5.10 Å². The molecular weight excluding hydrogens is 405 g/mol. The lowest BCUT2D eigenvalue weighted by molar-refractivity contribution is 0.450. The Bertz CT molecular complexity index is 1090. The quantitative estimate of drug-likeness (QED) is 0.455. The molecule has 27 heavy (non-hydrogen) atoms. The molecule has 0 aliphatic heterocycles. The summed E-state index contributed by atoms with van der Waals surface area (Å²) in [5.41, 5.74) is 1.94. The molecule has 8 heteroatoms. The molecule has 0 fully saturated rings. The van der Waals surface area contributed by atoms with E-state index in [1.165, 1.54) is 29.7 Å². The number of phenols is 2. The highest BCUT2D eigenvalue weighted by atomic mass is 35.5. The Morgan fingerprint density at radius 2 is 1.96 bits per heavy atom. The molecule has 3 rings (SSSR count). The number of nitrogens with zero attached hydrogens (tertiary/aromatic N) is 3. The minimum Gasteiger partial charge on any atom is -0.508 e. The van der Waals surface area contributed by atoms with Crippen molar-refractivity contribution in [2.45, 2.75) is 0 Å². The van der Waals surface area contributed by atoms with Crippen LogP contribution in [0.3, 0.4) is 0 Å². The highest BCUT2D eigenvalue weighted by Gasteiger charge is 2.11. The third kappa shape index (κ3) is 4.42. The molecule has 138 valence electrons. The molecule has 0 radical (unpaired) electrons.